The van der Waals surface area contributed by atoms with Crippen molar-refractivity contribution in [2.24, 2.45) is 4.99 Å². The van der Waals surface area contributed by atoms with Crippen LogP contribution in [0.15, 0.2) is 17.1 Å². The van der Waals surface area contributed by atoms with Crippen LogP contribution in [0.4, 0.5) is 26.1 Å². The van der Waals surface area contributed by atoms with E-state index in [2.05, 4.69) is 20.6 Å². The van der Waals surface area contributed by atoms with E-state index in [1.165, 1.54) is 0 Å². The van der Waals surface area contributed by atoms with Crippen molar-refractivity contribution in [1.82, 2.24) is 10.3 Å². The molecule has 0 saturated heterocycles. The predicted molar refractivity (Wildman–Crippen MR) is 97.0 cm³/mol. The van der Waals surface area contributed by atoms with Crippen LogP contribution < -0.4 is 26.8 Å². The Bertz CT molecular complexity index is 1050. The molecule has 1 unspecified atom stereocenters. The van der Waals surface area contributed by atoms with Gasteiger partial charge in [-0.1, -0.05) is 0 Å². The number of hydrogen-bond donors (Lipinski definition) is 4. The third-order valence-corrected chi connectivity index (χ3v) is 3.99. The SMILES string of the molecule is CCOc1cc(F)c(C2N=C(NC#N)Nc3nc(N)c(C#N)c(N)c32)c(F)c1. The molecule has 0 bridgehead atoms. The van der Waals surface area contributed by atoms with Gasteiger partial charge in [0.25, 0.3) is 0 Å². The number of hydrogen-bond acceptors (Lipinski definition) is 9. The van der Waals surface area contributed by atoms with Crippen LogP contribution >= 0.6 is 0 Å². The lowest BCUT2D eigenvalue weighted by Gasteiger charge is -2.26. The smallest absolute Gasteiger partial charge is 0.211 e. The second kappa shape index (κ2) is 7.25. The Hall–Kier alpha value is -4.12. The quantitative estimate of drug-likeness (QED) is 0.460. The maximum Gasteiger partial charge on any atom is 0.211 e. The third-order valence-electron chi connectivity index (χ3n) is 3.99. The minimum Gasteiger partial charge on any atom is -0.494 e. The zero-order valence-corrected chi connectivity index (χ0v) is 14.5. The molecule has 0 amide bonds. The highest BCUT2D eigenvalue weighted by Crippen LogP contribution is 2.42. The van der Waals surface area contributed by atoms with Crippen molar-refractivity contribution < 1.29 is 13.5 Å². The number of nitrogen functional groups attached to an aromatic ring is 2. The van der Waals surface area contributed by atoms with Crippen LogP contribution in [-0.4, -0.2) is 17.6 Å². The molecule has 142 valence electrons. The average Bonchev–Trinajstić information content (AvgIpc) is 2.61. The normalized spacial score (nSPS) is 14.8. The number of aromatic nitrogens is 1. The second-order valence-electron chi connectivity index (χ2n) is 5.64. The van der Waals surface area contributed by atoms with E-state index < -0.39 is 23.2 Å². The molecule has 2 aromatic rings. The lowest BCUT2D eigenvalue weighted by Crippen LogP contribution is -2.33. The van der Waals surface area contributed by atoms with Gasteiger partial charge in [-0.25, -0.2) is 18.8 Å². The van der Waals surface area contributed by atoms with E-state index in [1.54, 1.807) is 13.1 Å². The zero-order valence-electron chi connectivity index (χ0n) is 14.5. The number of guanidine groups is 1. The molecule has 1 aromatic carbocycles. The Morgan fingerprint density at radius 3 is 2.50 bits per heavy atom. The van der Waals surface area contributed by atoms with Gasteiger partial charge in [-0.15, -0.1) is 0 Å². The molecular weight excluding hydrogens is 370 g/mol. The monoisotopic (exact) mass is 384 g/mol. The molecule has 1 atom stereocenters. The van der Waals surface area contributed by atoms with Crippen molar-refractivity contribution in [3.8, 4) is 18.0 Å². The number of anilines is 3. The van der Waals surface area contributed by atoms with Crippen LogP contribution in [0.25, 0.3) is 0 Å². The minimum absolute atomic E-state index is 0.0101. The van der Waals surface area contributed by atoms with E-state index in [-0.39, 0.29) is 46.8 Å². The first-order valence-electron chi connectivity index (χ1n) is 8.01. The summed E-state index contributed by atoms with van der Waals surface area (Å²) < 4.78 is 34.7. The van der Waals surface area contributed by atoms with Gasteiger partial charge >= 0.3 is 0 Å². The van der Waals surface area contributed by atoms with Gasteiger partial charge in [-0.2, -0.15) is 10.5 Å². The molecule has 0 spiro atoms. The summed E-state index contributed by atoms with van der Waals surface area (Å²) in [6.45, 7) is 1.90. The zero-order chi connectivity index (χ0) is 20.4. The van der Waals surface area contributed by atoms with Crippen LogP contribution in [0.1, 0.15) is 29.7 Å². The van der Waals surface area contributed by atoms with E-state index in [0.29, 0.717) is 0 Å². The number of halogens is 2. The van der Waals surface area contributed by atoms with Crippen LogP contribution in [0, 0.1) is 34.4 Å². The topological polar surface area (TPSA) is 158 Å². The molecule has 0 fully saturated rings. The van der Waals surface area contributed by atoms with E-state index in [9.17, 15) is 14.0 Å². The maximum absolute atomic E-state index is 14.8. The Balaban J connectivity index is 2.27. The Labute approximate surface area is 158 Å². The summed E-state index contributed by atoms with van der Waals surface area (Å²) in [4.78, 5) is 8.15. The van der Waals surface area contributed by atoms with Crippen molar-refractivity contribution in [3.63, 3.8) is 0 Å². The largest absolute Gasteiger partial charge is 0.494 e. The molecule has 28 heavy (non-hydrogen) atoms. The summed E-state index contributed by atoms with van der Waals surface area (Å²) in [6.07, 6.45) is 1.65. The van der Waals surface area contributed by atoms with Crippen molar-refractivity contribution in [2.45, 2.75) is 13.0 Å². The summed E-state index contributed by atoms with van der Waals surface area (Å²) >= 11 is 0. The number of benzene rings is 1. The van der Waals surface area contributed by atoms with E-state index in [4.69, 9.17) is 21.5 Å². The fraction of sp³-hybridized carbons (Fsp3) is 0.176. The third kappa shape index (κ3) is 3.05. The van der Waals surface area contributed by atoms with Gasteiger partial charge in [-0.05, 0) is 6.92 Å². The highest BCUT2D eigenvalue weighted by Gasteiger charge is 2.33. The second-order valence-corrected chi connectivity index (χ2v) is 5.64. The number of rotatable bonds is 3. The van der Waals surface area contributed by atoms with Gasteiger partial charge in [0, 0.05) is 17.7 Å². The standard InChI is InChI=1S/C17H14F2N8O/c1-2-28-7-3-9(18)11(10(19)4-7)14-12-13(22)8(5-20)15(23)26-16(12)27-17(25-14)24-6-21/h3-4,14H,2H2,1H3,(H6,22,23,24,25,26,27). The van der Waals surface area contributed by atoms with Gasteiger partial charge in [0.05, 0.1) is 17.9 Å². The lowest BCUT2D eigenvalue weighted by molar-refractivity contribution is 0.335. The van der Waals surface area contributed by atoms with Gasteiger partial charge in [0.2, 0.25) is 5.96 Å². The number of nitriles is 2. The number of nitrogens with zero attached hydrogens (tertiary/aromatic N) is 4. The summed E-state index contributed by atoms with van der Waals surface area (Å²) in [6, 6.07) is 2.53. The van der Waals surface area contributed by atoms with Gasteiger partial charge in [0.1, 0.15) is 46.7 Å². The number of fused-ring (bicyclic) bond motifs is 1. The molecule has 0 aliphatic carbocycles. The molecular formula is C17H14F2N8O. The molecule has 11 heteroatoms. The number of aliphatic imine (C=N–C) groups is 1. The molecule has 1 aromatic heterocycles. The molecule has 0 saturated carbocycles. The summed E-state index contributed by atoms with van der Waals surface area (Å²) in [7, 11) is 0. The van der Waals surface area contributed by atoms with Crippen molar-refractivity contribution in [2.75, 3.05) is 23.4 Å². The highest BCUT2D eigenvalue weighted by molar-refractivity contribution is 5.98. The summed E-state index contributed by atoms with van der Waals surface area (Å²) in [5, 5.41) is 23.1. The first-order chi connectivity index (χ1) is 13.4. The van der Waals surface area contributed by atoms with Gasteiger partial charge in [-0.3, -0.25) is 5.32 Å². The first-order valence-corrected chi connectivity index (χ1v) is 8.01. The van der Waals surface area contributed by atoms with E-state index in [0.717, 1.165) is 12.1 Å². The molecule has 2 heterocycles. The van der Waals surface area contributed by atoms with E-state index >= 15 is 0 Å². The fourth-order valence-corrected chi connectivity index (χ4v) is 2.86. The van der Waals surface area contributed by atoms with Crippen LogP contribution in [-0.2, 0) is 0 Å². The Morgan fingerprint density at radius 1 is 1.25 bits per heavy atom. The Kier molecular flexibility index (Phi) is 4.83. The fourth-order valence-electron chi connectivity index (χ4n) is 2.86. The summed E-state index contributed by atoms with van der Waals surface area (Å²) in [5.74, 6) is -2.11. The molecule has 0 radical (unpaired) electrons. The average molecular weight is 384 g/mol. The van der Waals surface area contributed by atoms with E-state index in [1.807, 2.05) is 6.07 Å². The van der Waals surface area contributed by atoms with Crippen LogP contribution in [0.3, 0.4) is 0 Å². The highest BCUT2D eigenvalue weighted by atomic mass is 19.1. The van der Waals surface area contributed by atoms with Crippen molar-refractivity contribution in [3.05, 3.63) is 40.5 Å². The molecule has 1 aliphatic rings. The van der Waals surface area contributed by atoms with Crippen LogP contribution in [0.2, 0.25) is 0 Å². The maximum atomic E-state index is 14.8. The van der Waals surface area contributed by atoms with Crippen molar-refractivity contribution in [1.29, 1.82) is 10.5 Å². The molecule has 3 rings (SSSR count). The predicted octanol–water partition coefficient (Wildman–Crippen LogP) is 1.74. The minimum atomic E-state index is -1.32. The number of nitrogens with two attached hydrogens (primary N) is 2. The number of pyridine rings is 1. The Morgan fingerprint density at radius 2 is 1.93 bits per heavy atom. The lowest BCUT2D eigenvalue weighted by atomic mass is 9.94. The van der Waals surface area contributed by atoms with Crippen molar-refractivity contribution >= 4 is 23.3 Å². The first kappa shape index (κ1) is 18.7. The van der Waals surface area contributed by atoms with Crippen LogP contribution in [0.5, 0.6) is 5.75 Å². The summed E-state index contributed by atoms with van der Waals surface area (Å²) in [5.41, 5.74) is 11.1. The van der Waals surface area contributed by atoms with Gasteiger partial charge < -0.3 is 21.5 Å². The number of nitrogens with one attached hydrogen (secondary N) is 2. The molecule has 1 aliphatic heterocycles. The number of ether oxygens (including phenoxy) is 1. The van der Waals surface area contributed by atoms with Gasteiger partial charge in [0.15, 0.2) is 6.19 Å². The molecule has 6 N–H and O–H groups in total. The molecule has 9 nitrogen and oxygen atoms in total.